The van der Waals surface area contributed by atoms with Crippen LogP contribution in [0.5, 0.6) is 0 Å². The number of esters is 1. The summed E-state index contributed by atoms with van der Waals surface area (Å²) in [6.07, 6.45) is 0.564. The molecule has 1 N–H and O–H groups in total. The van der Waals surface area contributed by atoms with Gasteiger partial charge in [-0.2, -0.15) is 0 Å². The molecule has 0 aliphatic carbocycles. The normalized spacial score (nSPS) is 12.2. The Morgan fingerprint density at radius 3 is 1.11 bits per heavy atom. The zero-order valence-corrected chi connectivity index (χ0v) is 49.1. The molecule has 0 bridgehead atoms. The van der Waals surface area contributed by atoms with E-state index < -0.39 is 17.5 Å². The monoisotopic (exact) mass is 1170 g/mol. The van der Waals surface area contributed by atoms with Gasteiger partial charge in [-0.3, -0.25) is 0 Å². The molecule has 0 spiro atoms. The Labute approximate surface area is 496 Å². The van der Waals surface area contributed by atoms with Crippen LogP contribution in [0.1, 0.15) is 0 Å². The number of amides is 1. The van der Waals surface area contributed by atoms with Crippen LogP contribution in [0.15, 0.2) is 228 Å². The van der Waals surface area contributed by atoms with Crippen molar-refractivity contribution in [1.82, 2.24) is 5.32 Å². The first-order valence-electron chi connectivity index (χ1n) is 27.2. The fourth-order valence-corrected chi connectivity index (χ4v) is 20.0. The fourth-order valence-electron chi connectivity index (χ4n) is 12.0. The van der Waals surface area contributed by atoms with Gasteiger partial charge in [-0.1, -0.05) is 170 Å². The maximum absolute atomic E-state index is 14.0. The third kappa shape index (κ3) is 9.01. The Hall–Kier alpha value is -7.61. The van der Waals surface area contributed by atoms with E-state index in [9.17, 15) is 9.59 Å². The molecule has 0 saturated heterocycles. The number of fused-ring (bicyclic) bond motifs is 21. The average molecular weight is 1170 g/mol. The lowest BCUT2D eigenvalue weighted by atomic mass is 9.97. The van der Waals surface area contributed by atoms with E-state index in [1.54, 1.807) is 0 Å². The first-order valence-corrected chi connectivity index (χ1v) is 32.6. The van der Waals surface area contributed by atoms with E-state index in [2.05, 4.69) is 212 Å². The van der Waals surface area contributed by atoms with Crippen LogP contribution in [0.4, 0.5) is 4.79 Å². The molecule has 5 nitrogen and oxygen atoms in total. The predicted molar refractivity (Wildman–Crippen MR) is 358 cm³/mol. The van der Waals surface area contributed by atoms with Crippen LogP contribution in [0, 0.1) is 5.41 Å². The summed E-state index contributed by atoms with van der Waals surface area (Å²) >= 11 is 11.1. The van der Waals surface area contributed by atoms with E-state index in [-0.39, 0.29) is 19.8 Å². The highest BCUT2D eigenvalue weighted by Crippen LogP contribution is 2.51. The molecule has 1 amide bonds. The summed E-state index contributed by atoms with van der Waals surface area (Å²) in [5, 5.41) is 25.5. The number of thiophene rings is 3. The number of benzene rings is 12. The molecule has 15 rings (SSSR count). The number of ether oxygens (including phenoxy) is 2. The molecule has 0 atom stereocenters. The second-order valence-corrected chi connectivity index (χ2v) is 27.2. The summed E-state index contributed by atoms with van der Waals surface area (Å²) in [6, 6.07) is 73.5. The highest BCUT2D eigenvalue weighted by molar-refractivity contribution is 8.01. The second-order valence-electron chi connectivity index (χ2n) is 20.9. The van der Waals surface area contributed by atoms with E-state index in [0.717, 1.165) is 6.08 Å². The lowest BCUT2D eigenvalue weighted by Gasteiger charge is -2.33. The second kappa shape index (κ2) is 21.3. The average Bonchev–Trinajstić information content (AvgIpc) is 3.16. The van der Waals surface area contributed by atoms with Gasteiger partial charge in [0.25, 0.3) is 0 Å². The lowest BCUT2D eigenvalue weighted by molar-refractivity contribution is -0.137. The van der Waals surface area contributed by atoms with Crippen molar-refractivity contribution in [2.24, 2.45) is 5.41 Å². The minimum absolute atomic E-state index is 0.00187. The van der Waals surface area contributed by atoms with Gasteiger partial charge < -0.3 is 14.8 Å². The van der Waals surface area contributed by atoms with Gasteiger partial charge in [-0.05, 0) is 101 Å². The number of nitrogens with one attached hydrogen (secondary N) is 1. The van der Waals surface area contributed by atoms with Crippen molar-refractivity contribution in [3.05, 3.63) is 213 Å². The Balaban J connectivity index is 0.874. The largest absolute Gasteiger partial charge is 0.461 e. The summed E-state index contributed by atoms with van der Waals surface area (Å²) in [6.45, 7) is 3.76. The van der Waals surface area contributed by atoms with Crippen LogP contribution in [0.25, 0.3) is 125 Å². The Kier molecular flexibility index (Phi) is 13.3. The third-order valence-electron chi connectivity index (χ3n) is 15.9. The molecule has 398 valence electrons. The van der Waals surface area contributed by atoms with Crippen LogP contribution in [-0.2, 0) is 14.3 Å². The van der Waals surface area contributed by atoms with E-state index >= 15 is 0 Å². The molecule has 0 radical (unpaired) electrons. The highest BCUT2D eigenvalue weighted by atomic mass is 32.2. The van der Waals surface area contributed by atoms with Gasteiger partial charge in [-0.15, -0.1) is 69.3 Å². The molecule has 3 aromatic heterocycles. The molecule has 0 unspecified atom stereocenters. The van der Waals surface area contributed by atoms with E-state index in [1.807, 2.05) is 69.3 Å². The smallest absolute Gasteiger partial charge is 0.407 e. The first kappa shape index (κ1) is 51.3. The molecule has 0 aliphatic rings. The fraction of sp³-hybridized carbons (Fsp3) is 0.0986. The molecule has 0 fully saturated rings. The van der Waals surface area contributed by atoms with Gasteiger partial charge in [0.2, 0.25) is 0 Å². The van der Waals surface area contributed by atoms with Gasteiger partial charge in [0.15, 0.2) is 0 Å². The van der Waals surface area contributed by atoms with Gasteiger partial charge in [-0.25, -0.2) is 9.59 Å². The summed E-state index contributed by atoms with van der Waals surface area (Å²) in [5.74, 6) is 1.39. The number of carbonyl (C=O) groups is 2. The van der Waals surface area contributed by atoms with Crippen LogP contribution in [-0.4, -0.2) is 49.1 Å². The Morgan fingerprint density at radius 2 is 0.744 bits per heavy atom. The molecule has 12 aromatic carbocycles. The van der Waals surface area contributed by atoms with Gasteiger partial charge in [0, 0.05) is 104 Å². The third-order valence-corrected chi connectivity index (χ3v) is 23.4. The molecule has 82 heavy (non-hydrogen) atoms. The maximum atomic E-state index is 14.0. The van der Waals surface area contributed by atoms with Crippen molar-refractivity contribution < 1.29 is 19.1 Å². The van der Waals surface area contributed by atoms with Crippen molar-refractivity contribution in [2.45, 2.75) is 14.7 Å². The van der Waals surface area contributed by atoms with Crippen LogP contribution >= 0.6 is 69.3 Å². The van der Waals surface area contributed by atoms with E-state index in [4.69, 9.17) is 9.47 Å². The van der Waals surface area contributed by atoms with Crippen molar-refractivity contribution >= 4 is 207 Å². The SMILES string of the molecule is C=CC(=O)OCCNC(=O)OCC(CSc1cc2sc3ccc4ccccc4c3c2c2ccccc12)(CSc1cc2sc3ccc4ccccc4c3c2c2ccccc12)CSc1cc2sc3ccc4ccccc4c3c2c2ccccc12. The topological polar surface area (TPSA) is 64.6 Å². The molecule has 0 saturated carbocycles. The summed E-state index contributed by atoms with van der Waals surface area (Å²) in [4.78, 5) is 29.5. The number of alkyl carbamates (subject to hydrolysis) is 1. The Morgan fingerprint density at radius 1 is 0.415 bits per heavy atom. The summed E-state index contributed by atoms with van der Waals surface area (Å²) < 4.78 is 19.3. The first-order chi connectivity index (χ1) is 40.4. The van der Waals surface area contributed by atoms with Crippen molar-refractivity contribution in [1.29, 1.82) is 0 Å². The van der Waals surface area contributed by atoms with Gasteiger partial charge in [0.05, 0.1) is 6.54 Å². The van der Waals surface area contributed by atoms with Gasteiger partial charge in [0.1, 0.15) is 13.2 Å². The van der Waals surface area contributed by atoms with E-state index in [1.165, 1.54) is 140 Å². The van der Waals surface area contributed by atoms with Crippen molar-refractivity contribution in [2.75, 3.05) is 37.0 Å². The molecule has 11 heteroatoms. The quantitative estimate of drug-likeness (QED) is 0.0475. The molecular formula is C71H49NO4S6. The Bertz CT molecular complexity index is 4640. The van der Waals surface area contributed by atoms with E-state index in [0.29, 0.717) is 17.3 Å². The maximum Gasteiger partial charge on any atom is 0.407 e. The molecule has 3 heterocycles. The number of hydrogen-bond donors (Lipinski definition) is 1. The van der Waals surface area contributed by atoms with Crippen LogP contribution in [0.2, 0.25) is 0 Å². The van der Waals surface area contributed by atoms with Crippen LogP contribution < -0.4 is 5.32 Å². The summed E-state index contributed by atoms with van der Waals surface area (Å²) in [7, 11) is 0. The van der Waals surface area contributed by atoms with Crippen molar-refractivity contribution in [3.63, 3.8) is 0 Å². The molecular weight excluding hydrogens is 1120 g/mol. The predicted octanol–water partition coefficient (Wildman–Crippen LogP) is 20.8. The molecule has 0 aliphatic heterocycles. The zero-order valence-electron chi connectivity index (χ0n) is 44.2. The standard InChI is InChI=1S/C71H49NO4S6/c1-2-63(73)75-34-33-72-70(74)76-38-71(39-77-57-35-60-67(51-24-12-9-21-48(51)57)64-45-18-6-3-15-42(45)27-30-54(64)80-60,40-78-58-36-61-68(52-25-13-10-22-49(52)58)65-46-19-7-4-16-43(46)28-31-55(65)81-61)41-79-59-37-62-69(53-26-14-11-23-50(53)59)66-47-20-8-5-17-44(47)29-32-56(66)82-62/h2-32,35-37H,1,33-34,38-41H2,(H,72,74). The number of carbonyl (C=O) groups excluding carboxylic acids is 2. The van der Waals surface area contributed by atoms with Gasteiger partial charge >= 0.3 is 12.1 Å². The minimum Gasteiger partial charge on any atom is -0.461 e. The number of hydrogen-bond acceptors (Lipinski definition) is 10. The number of rotatable bonds is 15. The number of thioether (sulfide) groups is 3. The molecule has 15 aromatic rings. The van der Waals surface area contributed by atoms with Crippen LogP contribution in [0.3, 0.4) is 0 Å². The highest BCUT2D eigenvalue weighted by Gasteiger charge is 2.35. The minimum atomic E-state index is -0.613. The zero-order chi connectivity index (χ0) is 54.9. The lowest BCUT2D eigenvalue weighted by Crippen LogP contribution is -2.39. The summed E-state index contributed by atoms with van der Waals surface area (Å²) in [5.41, 5.74) is -0.613. The van der Waals surface area contributed by atoms with Crippen molar-refractivity contribution in [3.8, 4) is 0 Å².